The van der Waals surface area contributed by atoms with Gasteiger partial charge in [-0.1, -0.05) is 0 Å². The van der Waals surface area contributed by atoms with Crippen LogP contribution in [0.2, 0.25) is 0 Å². The highest BCUT2D eigenvalue weighted by atomic mass is 32.2. The Morgan fingerprint density at radius 1 is 1.88 bits per heavy atom. The maximum Gasteiger partial charge on any atom is 0.295 e. The number of ether oxygens (including phenoxy) is 1. The minimum absolute atomic E-state index is 0.0903. The molecule has 8 heavy (non-hydrogen) atoms. The number of rotatable bonds is 2. The number of carbonyl (C=O) groups excluding carboxylic acids is 1. The molecule has 0 aliphatic carbocycles. The zero-order chi connectivity index (χ0) is 5.82. The van der Waals surface area contributed by atoms with Crippen LogP contribution in [0.4, 0.5) is 0 Å². The van der Waals surface area contributed by atoms with E-state index in [1.54, 1.807) is 11.8 Å². The van der Waals surface area contributed by atoms with Crippen LogP contribution in [-0.4, -0.2) is 24.3 Å². The van der Waals surface area contributed by atoms with Crippen LogP contribution in [0.3, 0.4) is 0 Å². The van der Waals surface area contributed by atoms with Crippen molar-refractivity contribution in [1.29, 1.82) is 0 Å². The summed E-state index contributed by atoms with van der Waals surface area (Å²) in [5, 5.41) is 2.97. The van der Waals surface area contributed by atoms with E-state index in [0.29, 0.717) is 6.47 Å². The van der Waals surface area contributed by atoms with E-state index in [-0.39, 0.29) is 5.56 Å². The van der Waals surface area contributed by atoms with E-state index < -0.39 is 0 Å². The molecule has 0 aromatic heterocycles. The Morgan fingerprint density at radius 3 is 3.25 bits per heavy atom. The van der Waals surface area contributed by atoms with Crippen LogP contribution < -0.4 is 5.32 Å². The van der Waals surface area contributed by atoms with Gasteiger partial charge in [0, 0.05) is 12.3 Å². The zero-order valence-corrected chi connectivity index (χ0v) is 5.11. The molecule has 0 aromatic carbocycles. The van der Waals surface area contributed by atoms with Gasteiger partial charge in [0.05, 0.1) is 0 Å². The van der Waals surface area contributed by atoms with Gasteiger partial charge in [0.2, 0.25) is 5.56 Å². The molecular formula is C4H7NO2S. The molecule has 0 saturated carbocycles. The fraction of sp³-hybridized carbons (Fsp3) is 0.750. The molecule has 0 unspecified atom stereocenters. The van der Waals surface area contributed by atoms with Gasteiger partial charge in [0.1, 0.15) is 0 Å². The van der Waals surface area contributed by atoms with Crippen molar-refractivity contribution >= 4 is 18.2 Å². The van der Waals surface area contributed by atoms with E-state index in [2.05, 4.69) is 10.1 Å². The van der Waals surface area contributed by atoms with E-state index in [4.69, 9.17) is 0 Å². The second-order valence-corrected chi connectivity index (χ2v) is 2.56. The largest absolute Gasteiger partial charge is 0.439 e. The van der Waals surface area contributed by atoms with Crippen LogP contribution in [0, 0.1) is 0 Å². The standard InChI is InChI=1S/C4H7NO2S/c6-3-7-4-5-1-2-8-4/h3-5H,1-2H2/t4-/m1/s1. The summed E-state index contributed by atoms with van der Waals surface area (Å²) in [7, 11) is 0. The van der Waals surface area contributed by atoms with Gasteiger partial charge in [-0.2, -0.15) is 0 Å². The third kappa shape index (κ3) is 1.38. The molecule has 1 aliphatic heterocycles. The molecule has 1 aliphatic rings. The topological polar surface area (TPSA) is 38.3 Å². The van der Waals surface area contributed by atoms with Gasteiger partial charge < -0.3 is 4.74 Å². The van der Waals surface area contributed by atoms with Crippen molar-refractivity contribution in [2.45, 2.75) is 5.56 Å². The maximum absolute atomic E-state index is 9.69. The van der Waals surface area contributed by atoms with Crippen LogP contribution in [0.15, 0.2) is 0 Å². The number of hydrogen-bond acceptors (Lipinski definition) is 4. The van der Waals surface area contributed by atoms with E-state index in [1.165, 1.54) is 0 Å². The van der Waals surface area contributed by atoms with Gasteiger partial charge in [-0.3, -0.25) is 10.1 Å². The second kappa shape index (κ2) is 2.94. The Labute approximate surface area is 51.8 Å². The SMILES string of the molecule is O=CO[C@H]1NCCS1. The van der Waals surface area contributed by atoms with Crippen LogP contribution in [-0.2, 0) is 9.53 Å². The first kappa shape index (κ1) is 5.91. The summed E-state index contributed by atoms with van der Waals surface area (Å²) in [6.45, 7) is 1.40. The molecular weight excluding hydrogens is 126 g/mol. The number of hydrogen-bond donors (Lipinski definition) is 1. The van der Waals surface area contributed by atoms with Crippen molar-refractivity contribution in [3.05, 3.63) is 0 Å². The van der Waals surface area contributed by atoms with Crippen molar-refractivity contribution < 1.29 is 9.53 Å². The summed E-state index contributed by atoms with van der Waals surface area (Å²) >= 11 is 1.60. The number of carbonyl (C=O) groups is 1. The van der Waals surface area contributed by atoms with Gasteiger partial charge >= 0.3 is 0 Å². The van der Waals surface area contributed by atoms with E-state index >= 15 is 0 Å². The summed E-state index contributed by atoms with van der Waals surface area (Å²) in [6.07, 6.45) is 0. The maximum atomic E-state index is 9.69. The molecule has 1 saturated heterocycles. The monoisotopic (exact) mass is 133 g/mol. The van der Waals surface area contributed by atoms with E-state index in [1.807, 2.05) is 0 Å². The van der Waals surface area contributed by atoms with Crippen molar-refractivity contribution in [3.63, 3.8) is 0 Å². The third-order valence-electron chi connectivity index (χ3n) is 0.861. The van der Waals surface area contributed by atoms with Crippen molar-refractivity contribution in [1.82, 2.24) is 5.32 Å². The molecule has 1 fully saturated rings. The van der Waals surface area contributed by atoms with Crippen LogP contribution in [0.5, 0.6) is 0 Å². The molecule has 0 spiro atoms. The Morgan fingerprint density at radius 2 is 2.75 bits per heavy atom. The minimum atomic E-state index is -0.0903. The van der Waals surface area contributed by atoms with Gasteiger partial charge in [-0.15, -0.1) is 11.8 Å². The van der Waals surface area contributed by atoms with Gasteiger partial charge in [0.25, 0.3) is 6.47 Å². The molecule has 0 radical (unpaired) electrons. The quantitative estimate of drug-likeness (QED) is 0.528. The zero-order valence-electron chi connectivity index (χ0n) is 4.29. The van der Waals surface area contributed by atoms with Gasteiger partial charge in [-0.05, 0) is 0 Å². The van der Waals surface area contributed by atoms with Crippen molar-refractivity contribution in [2.24, 2.45) is 0 Å². The molecule has 1 atom stereocenters. The highest BCUT2D eigenvalue weighted by Crippen LogP contribution is 2.12. The minimum Gasteiger partial charge on any atom is -0.439 e. The Hall–Kier alpha value is -0.220. The normalized spacial score (nSPS) is 27.8. The van der Waals surface area contributed by atoms with Crippen LogP contribution in [0.1, 0.15) is 0 Å². The lowest BCUT2D eigenvalue weighted by atomic mass is 10.8. The number of nitrogens with one attached hydrogen (secondary N) is 1. The first-order chi connectivity index (χ1) is 3.93. The molecule has 3 nitrogen and oxygen atoms in total. The fourth-order valence-electron chi connectivity index (χ4n) is 0.540. The second-order valence-electron chi connectivity index (χ2n) is 1.39. The molecule has 1 heterocycles. The van der Waals surface area contributed by atoms with Gasteiger partial charge in [-0.25, -0.2) is 0 Å². The predicted molar refractivity (Wildman–Crippen MR) is 31.4 cm³/mol. The molecule has 0 amide bonds. The lowest BCUT2D eigenvalue weighted by molar-refractivity contribution is -0.130. The van der Waals surface area contributed by atoms with Crippen molar-refractivity contribution in [3.8, 4) is 0 Å². The first-order valence-electron chi connectivity index (χ1n) is 2.37. The molecule has 0 bridgehead atoms. The lowest BCUT2D eigenvalue weighted by Crippen LogP contribution is -2.21. The summed E-state index contributed by atoms with van der Waals surface area (Å²) in [5.74, 6) is 1.03. The van der Waals surface area contributed by atoms with E-state index in [9.17, 15) is 4.79 Å². The molecule has 0 aromatic rings. The average Bonchev–Trinajstić information content (AvgIpc) is 2.19. The summed E-state index contributed by atoms with van der Waals surface area (Å²) < 4.78 is 4.57. The fourth-order valence-corrected chi connectivity index (χ4v) is 1.35. The highest BCUT2D eigenvalue weighted by Gasteiger charge is 2.13. The predicted octanol–water partition coefficient (Wildman–Crippen LogP) is -0.221. The summed E-state index contributed by atoms with van der Waals surface area (Å²) in [5.41, 5.74) is -0.0903. The number of thioether (sulfide) groups is 1. The first-order valence-corrected chi connectivity index (χ1v) is 3.42. The average molecular weight is 133 g/mol. The molecule has 1 rings (SSSR count). The summed E-state index contributed by atoms with van der Waals surface area (Å²) in [6, 6.07) is 0. The van der Waals surface area contributed by atoms with Crippen molar-refractivity contribution in [2.75, 3.05) is 12.3 Å². The molecule has 46 valence electrons. The van der Waals surface area contributed by atoms with E-state index in [0.717, 1.165) is 12.3 Å². The highest BCUT2D eigenvalue weighted by molar-refractivity contribution is 8.00. The Balaban J connectivity index is 2.14. The van der Waals surface area contributed by atoms with Crippen LogP contribution >= 0.6 is 11.8 Å². The molecule has 1 N–H and O–H groups in total. The Kier molecular flexibility index (Phi) is 2.17. The lowest BCUT2D eigenvalue weighted by Gasteiger charge is -2.03. The van der Waals surface area contributed by atoms with Gasteiger partial charge in [0.15, 0.2) is 0 Å². The van der Waals surface area contributed by atoms with Crippen LogP contribution in [0.25, 0.3) is 0 Å². The smallest absolute Gasteiger partial charge is 0.295 e. The third-order valence-corrected chi connectivity index (χ3v) is 1.88. The molecule has 4 heteroatoms. The Bertz CT molecular complexity index is 82.1. The summed E-state index contributed by atoms with van der Waals surface area (Å²) in [4.78, 5) is 9.69.